The third kappa shape index (κ3) is 2.27. The zero-order valence-corrected chi connectivity index (χ0v) is 9.28. The van der Waals surface area contributed by atoms with Gasteiger partial charge in [-0.05, 0) is 24.6 Å². The summed E-state index contributed by atoms with van der Waals surface area (Å²) in [5.74, 6) is 1.90. The van der Waals surface area contributed by atoms with E-state index in [0.29, 0.717) is 11.1 Å². The number of aromatic nitrogens is 2. The molecule has 1 aromatic heterocycles. The molecule has 0 atom stereocenters. The second kappa shape index (κ2) is 4.68. The van der Waals surface area contributed by atoms with Crippen molar-refractivity contribution in [3.05, 3.63) is 29.6 Å². The van der Waals surface area contributed by atoms with E-state index in [2.05, 4.69) is 21.4 Å². The van der Waals surface area contributed by atoms with Gasteiger partial charge in [-0.15, -0.1) is 6.42 Å². The lowest BCUT2D eigenvalue weighted by atomic mass is 10.1. The standard InChI is InChI=1S/C12H11N3O2/c1-3-4-17-15-12(16)9-5-8(2)6-10-11(9)14-7-13-10/h1,5-7H,4H2,2H3,(H,13,14)(H,15,16). The molecule has 5 nitrogen and oxygen atoms in total. The molecule has 2 rings (SSSR count). The molecule has 0 saturated carbocycles. The van der Waals surface area contributed by atoms with Crippen LogP contribution in [0.25, 0.3) is 11.0 Å². The molecule has 0 aliphatic carbocycles. The lowest BCUT2D eigenvalue weighted by Crippen LogP contribution is -2.24. The normalized spacial score (nSPS) is 10.1. The van der Waals surface area contributed by atoms with Crippen LogP contribution in [-0.4, -0.2) is 22.5 Å². The smallest absolute Gasteiger partial charge is 0.277 e. The van der Waals surface area contributed by atoms with Gasteiger partial charge in [0, 0.05) is 0 Å². The van der Waals surface area contributed by atoms with Crippen LogP contribution in [-0.2, 0) is 4.84 Å². The van der Waals surface area contributed by atoms with Crippen molar-refractivity contribution < 1.29 is 9.63 Å². The molecule has 0 bridgehead atoms. The number of terminal acetylenes is 1. The molecule has 0 radical (unpaired) electrons. The van der Waals surface area contributed by atoms with Gasteiger partial charge in [-0.1, -0.05) is 5.92 Å². The summed E-state index contributed by atoms with van der Waals surface area (Å²) in [4.78, 5) is 23.7. The maximum Gasteiger partial charge on any atom is 0.277 e. The van der Waals surface area contributed by atoms with Crippen molar-refractivity contribution in [2.75, 3.05) is 6.61 Å². The van der Waals surface area contributed by atoms with Crippen molar-refractivity contribution >= 4 is 16.9 Å². The van der Waals surface area contributed by atoms with E-state index in [-0.39, 0.29) is 12.5 Å². The van der Waals surface area contributed by atoms with Gasteiger partial charge in [0.05, 0.1) is 17.4 Å². The van der Waals surface area contributed by atoms with E-state index in [0.717, 1.165) is 11.1 Å². The van der Waals surface area contributed by atoms with Crippen LogP contribution in [0.3, 0.4) is 0 Å². The average Bonchev–Trinajstić information content (AvgIpc) is 2.75. The number of aryl methyl sites for hydroxylation is 1. The highest BCUT2D eigenvalue weighted by Crippen LogP contribution is 2.17. The Kier molecular flexibility index (Phi) is 3.08. The predicted octanol–water partition coefficient (Wildman–Crippen LogP) is 1.17. The number of imidazole rings is 1. The topological polar surface area (TPSA) is 67.0 Å². The first kappa shape index (κ1) is 11.2. The fourth-order valence-corrected chi connectivity index (χ4v) is 1.57. The van der Waals surface area contributed by atoms with Crippen molar-refractivity contribution in [2.45, 2.75) is 6.92 Å². The number of carbonyl (C=O) groups excluding carboxylic acids is 1. The first-order valence-electron chi connectivity index (χ1n) is 5.01. The summed E-state index contributed by atoms with van der Waals surface area (Å²) in [6.07, 6.45) is 6.55. The molecule has 86 valence electrons. The largest absolute Gasteiger partial charge is 0.345 e. The highest BCUT2D eigenvalue weighted by atomic mass is 16.6. The first-order chi connectivity index (χ1) is 8.22. The molecule has 17 heavy (non-hydrogen) atoms. The fraction of sp³-hybridized carbons (Fsp3) is 0.167. The Labute approximate surface area is 98.1 Å². The summed E-state index contributed by atoms with van der Waals surface area (Å²) < 4.78 is 0. The molecule has 0 fully saturated rings. The third-order valence-electron chi connectivity index (χ3n) is 2.23. The summed E-state index contributed by atoms with van der Waals surface area (Å²) in [5.41, 5.74) is 5.11. The third-order valence-corrected chi connectivity index (χ3v) is 2.23. The minimum Gasteiger partial charge on any atom is -0.345 e. The van der Waals surface area contributed by atoms with Gasteiger partial charge in [0.25, 0.3) is 5.91 Å². The first-order valence-corrected chi connectivity index (χ1v) is 5.01. The number of fused-ring (bicyclic) bond motifs is 1. The van der Waals surface area contributed by atoms with Gasteiger partial charge in [-0.2, -0.15) is 0 Å². The minimum absolute atomic E-state index is 0.0290. The maximum atomic E-state index is 11.8. The van der Waals surface area contributed by atoms with Crippen molar-refractivity contribution in [3.8, 4) is 12.3 Å². The maximum absolute atomic E-state index is 11.8. The second-order valence-corrected chi connectivity index (χ2v) is 3.54. The van der Waals surface area contributed by atoms with Crippen LogP contribution >= 0.6 is 0 Å². The number of aromatic amines is 1. The molecular formula is C12H11N3O2. The van der Waals surface area contributed by atoms with Crippen molar-refractivity contribution in [1.82, 2.24) is 15.4 Å². The van der Waals surface area contributed by atoms with Crippen LogP contribution in [0.2, 0.25) is 0 Å². The summed E-state index contributed by atoms with van der Waals surface area (Å²) in [5, 5.41) is 0. The van der Waals surface area contributed by atoms with Crippen molar-refractivity contribution in [2.24, 2.45) is 0 Å². The molecule has 0 unspecified atom stereocenters. The molecule has 0 spiro atoms. The summed E-state index contributed by atoms with van der Waals surface area (Å²) >= 11 is 0. The second-order valence-electron chi connectivity index (χ2n) is 3.54. The lowest BCUT2D eigenvalue weighted by Gasteiger charge is -2.05. The highest BCUT2D eigenvalue weighted by Gasteiger charge is 2.12. The van der Waals surface area contributed by atoms with Crippen LogP contribution in [0.15, 0.2) is 18.5 Å². The molecule has 0 saturated heterocycles. The Bertz CT molecular complexity index is 595. The van der Waals surface area contributed by atoms with Gasteiger partial charge in [-0.25, -0.2) is 10.5 Å². The monoisotopic (exact) mass is 229 g/mol. The number of benzene rings is 1. The number of hydroxylamine groups is 1. The number of hydrogen-bond donors (Lipinski definition) is 2. The summed E-state index contributed by atoms with van der Waals surface area (Å²) in [6, 6.07) is 3.67. The molecule has 2 aromatic rings. The van der Waals surface area contributed by atoms with E-state index < -0.39 is 0 Å². The van der Waals surface area contributed by atoms with Gasteiger partial charge in [-0.3, -0.25) is 9.63 Å². The summed E-state index contributed by atoms with van der Waals surface area (Å²) in [6.45, 7) is 1.93. The minimum atomic E-state index is -0.360. The number of hydrogen-bond acceptors (Lipinski definition) is 3. The number of H-pyrrole nitrogens is 1. The Morgan fingerprint density at radius 1 is 1.65 bits per heavy atom. The van der Waals surface area contributed by atoms with Crippen LogP contribution in [0.5, 0.6) is 0 Å². The van der Waals surface area contributed by atoms with Crippen LogP contribution in [0, 0.1) is 19.3 Å². The van der Waals surface area contributed by atoms with E-state index in [1.54, 1.807) is 12.4 Å². The van der Waals surface area contributed by atoms with E-state index >= 15 is 0 Å². The fourth-order valence-electron chi connectivity index (χ4n) is 1.57. The van der Waals surface area contributed by atoms with E-state index in [1.165, 1.54) is 0 Å². The lowest BCUT2D eigenvalue weighted by molar-refractivity contribution is 0.0439. The molecule has 1 aromatic carbocycles. The zero-order chi connectivity index (χ0) is 12.3. The molecule has 1 heterocycles. The number of amides is 1. The van der Waals surface area contributed by atoms with E-state index in [1.807, 2.05) is 13.0 Å². The molecular weight excluding hydrogens is 218 g/mol. The Hall–Kier alpha value is -2.32. The molecule has 0 aliphatic rings. The molecule has 1 amide bonds. The van der Waals surface area contributed by atoms with E-state index in [9.17, 15) is 4.79 Å². The SMILES string of the molecule is C#CCONC(=O)c1cc(C)cc2[nH]cnc12. The number of carbonyl (C=O) groups is 1. The quantitative estimate of drug-likeness (QED) is 0.471. The van der Waals surface area contributed by atoms with Crippen LogP contribution in [0.1, 0.15) is 15.9 Å². The van der Waals surface area contributed by atoms with Crippen molar-refractivity contribution in [1.29, 1.82) is 0 Å². The van der Waals surface area contributed by atoms with Gasteiger partial charge in [0.15, 0.2) is 0 Å². The highest BCUT2D eigenvalue weighted by molar-refractivity contribution is 6.04. The van der Waals surface area contributed by atoms with Gasteiger partial charge in [0.2, 0.25) is 0 Å². The van der Waals surface area contributed by atoms with Crippen LogP contribution < -0.4 is 5.48 Å². The number of nitrogens with zero attached hydrogens (tertiary/aromatic N) is 1. The molecule has 0 aliphatic heterocycles. The van der Waals surface area contributed by atoms with Gasteiger partial charge >= 0.3 is 0 Å². The molecule has 2 N–H and O–H groups in total. The number of nitrogens with one attached hydrogen (secondary N) is 2. The Balaban J connectivity index is 2.31. The Morgan fingerprint density at radius 2 is 2.47 bits per heavy atom. The zero-order valence-electron chi connectivity index (χ0n) is 9.28. The molecule has 5 heteroatoms. The van der Waals surface area contributed by atoms with Crippen LogP contribution in [0.4, 0.5) is 0 Å². The average molecular weight is 229 g/mol. The predicted molar refractivity (Wildman–Crippen MR) is 63.1 cm³/mol. The summed E-state index contributed by atoms with van der Waals surface area (Å²) in [7, 11) is 0. The Morgan fingerprint density at radius 3 is 3.24 bits per heavy atom. The van der Waals surface area contributed by atoms with Gasteiger partial charge in [0.1, 0.15) is 12.1 Å². The van der Waals surface area contributed by atoms with E-state index in [4.69, 9.17) is 11.3 Å². The van der Waals surface area contributed by atoms with Gasteiger partial charge < -0.3 is 4.98 Å². The van der Waals surface area contributed by atoms with Crippen molar-refractivity contribution in [3.63, 3.8) is 0 Å². The number of rotatable bonds is 3.